The fourth-order valence-corrected chi connectivity index (χ4v) is 1.89. The SMILES string of the molecule is C(=CC1CCCCC1)=CC1CC1. The van der Waals surface area contributed by atoms with E-state index in [2.05, 4.69) is 17.9 Å². The Hall–Kier alpha value is -0.480. The van der Waals surface area contributed by atoms with Gasteiger partial charge in [0.15, 0.2) is 0 Å². The van der Waals surface area contributed by atoms with Gasteiger partial charge in [-0.1, -0.05) is 19.3 Å². The van der Waals surface area contributed by atoms with Gasteiger partial charge in [0.2, 0.25) is 0 Å². The summed E-state index contributed by atoms with van der Waals surface area (Å²) < 4.78 is 0. The summed E-state index contributed by atoms with van der Waals surface area (Å²) in [5.41, 5.74) is 3.37. The minimum absolute atomic E-state index is 0.855. The molecule has 0 aromatic carbocycles. The van der Waals surface area contributed by atoms with E-state index in [4.69, 9.17) is 0 Å². The first kappa shape index (κ1) is 8.13. The molecule has 0 nitrogen and oxygen atoms in total. The van der Waals surface area contributed by atoms with Gasteiger partial charge in [-0.2, -0.15) is 0 Å². The molecule has 0 heteroatoms. The van der Waals surface area contributed by atoms with Crippen LogP contribution in [0, 0.1) is 11.8 Å². The van der Waals surface area contributed by atoms with E-state index in [1.54, 1.807) is 0 Å². The van der Waals surface area contributed by atoms with Gasteiger partial charge in [0.05, 0.1) is 0 Å². The Morgan fingerprint density at radius 3 is 1.92 bits per heavy atom. The zero-order valence-electron chi connectivity index (χ0n) is 7.76. The van der Waals surface area contributed by atoms with E-state index in [-0.39, 0.29) is 0 Å². The van der Waals surface area contributed by atoms with Crippen LogP contribution in [0.5, 0.6) is 0 Å². The second-order valence-corrected chi connectivity index (χ2v) is 4.24. The Bertz CT molecular complexity index is 186. The van der Waals surface area contributed by atoms with Crippen molar-refractivity contribution in [2.24, 2.45) is 11.8 Å². The van der Waals surface area contributed by atoms with Crippen LogP contribution in [0.4, 0.5) is 0 Å². The van der Waals surface area contributed by atoms with E-state index in [0.29, 0.717) is 0 Å². The Labute approximate surface area is 75.4 Å². The highest BCUT2D eigenvalue weighted by atomic mass is 14.2. The molecular weight excluding hydrogens is 144 g/mol. The molecule has 0 atom stereocenters. The van der Waals surface area contributed by atoms with Gasteiger partial charge in [0.1, 0.15) is 0 Å². The normalized spacial score (nSPS) is 24.7. The Morgan fingerprint density at radius 2 is 1.33 bits per heavy atom. The molecule has 0 N–H and O–H groups in total. The van der Waals surface area contributed by atoms with E-state index in [1.165, 1.54) is 44.9 Å². The van der Waals surface area contributed by atoms with Crippen molar-refractivity contribution in [3.8, 4) is 0 Å². The lowest BCUT2D eigenvalue weighted by Crippen LogP contribution is -2.01. The highest BCUT2D eigenvalue weighted by Crippen LogP contribution is 2.30. The summed E-state index contributed by atoms with van der Waals surface area (Å²) in [5, 5.41) is 0. The summed E-state index contributed by atoms with van der Waals surface area (Å²) in [4.78, 5) is 0. The summed E-state index contributed by atoms with van der Waals surface area (Å²) >= 11 is 0. The third-order valence-electron chi connectivity index (χ3n) is 2.94. The molecule has 0 bridgehead atoms. The summed E-state index contributed by atoms with van der Waals surface area (Å²) in [7, 11) is 0. The molecule has 2 aliphatic rings. The van der Waals surface area contributed by atoms with Crippen LogP contribution in [0.25, 0.3) is 0 Å². The molecular formula is C12H18. The second-order valence-electron chi connectivity index (χ2n) is 4.24. The highest BCUT2D eigenvalue weighted by molar-refractivity contribution is 4.98. The van der Waals surface area contributed by atoms with Crippen molar-refractivity contribution in [3.05, 3.63) is 17.9 Å². The molecule has 0 amide bonds. The van der Waals surface area contributed by atoms with Gasteiger partial charge >= 0.3 is 0 Å². The molecule has 2 fully saturated rings. The molecule has 0 radical (unpaired) electrons. The molecule has 0 aromatic heterocycles. The van der Waals surface area contributed by atoms with Crippen molar-refractivity contribution in [1.82, 2.24) is 0 Å². The monoisotopic (exact) mass is 162 g/mol. The smallest absolute Gasteiger partial charge is 0.0157 e. The van der Waals surface area contributed by atoms with Crippen LogP contribution >= 0.6 is 0 Å². The molecule has 2 rings (SSSR count). The summed E-state index contributed by atoms with van der Waals surface area (Å²) in [6.07, 6.45) is 14.6. The maximum atomic E-state index is 3.37. The Balaban J connectivity index is 1.79. The topological polar surface area (TPSA) is 0 Å². The van der Waals surface area contributed by atoms with Crippen LogP contribution in [0.2, 0.25) is 0 Å². The summed E-state index contributed by atoms with van der Waals surface area (Å²) in [5.74, 6) is 1.75. The van der Waals surface area contributed by atoms with Crippen molar-refractivity contribution in [1.29, 1.82) is 0 Å². The van der Waals surface area contributed by atoms with E-state index >= 15 is 0 Å². The molecule has 0 aliphatic heterocycles. The number of hydrogen-bond donors (Lipinski definition) is 0. The summed E-state index contributed by atoms with van der Waals surface area (Å²) in [6.45, 7) is 0. The van der Waals surface area contributed by atoms with Crippen LogP contribution in [-0.4, -0.2) is 0 Å². The predicted molar refractivity (Wildman–Crippen MR) is 52.0 cm³/mol. The van der Waals surface area contributed by atoms with Crippen LogP contribution in [0.15, 0.2) is 17.9 Å². The fourth-order valence-electron chi connectivity index (χ4n) is 1.89. The van der Waals surface area contributed by atoms with Crippen LogP contribution in [0.1, 0.15) is 44.9 Å². The number of allylic oxidation sites excluding steroid dienone is 1. The van der Waals surface area contributed by atoms with E-state index in [1.807, 2.05) is 0 Å². The summed E-state index contributed by atoms with van der Waals surface area (Å²) in [6, 6.07) is 0. The molecule has 0 aromatic rings. The largest absolute Gasteiger partial charge is 0.129 e. The molecule has 0 spiro atoms. The van der Waals surface area contributed by atoms with Gasteiger partial charge in [-0.25, -0.2) is 0 Å². The highest BCUT2D eigenvalue weighted by Gasteiger charge is 2.17. The van der Waals surface area contributed by atoms with E-state index in [0.717, 1.165) is 11.8 Å². The van der Waals surface area contributed by atoms with Gasteiger partial charge < -0.3 is 0 Å². The van der Waals surface area contributed by atoms with E-state index in [9.17, 15) is 0 Å². The maximum Gasteiger partial charge on any atom is -0.0157 e. The van der Waals surface area contributed by atoms with Gasteiger partial charge in [-0.3, -0.25) is 0 Å². The average molecular weight is 162 g/mol. The van der Waals surface area contributed by atoms with Crippen LogP contribution in [-0.2, 0) is 0 Å². The maximum absolute atomic E-state index is 3.37. The van der Waals surface area contributed by atoms with E-state index < -0.39 is 0 Å². The average Bonchev–Trinajstić information content (AvgIpc) is 2.90. The standard InChI is InChI=1S/C12H18/c1-2-5-11(6-3-1)7-4-8-12-9-10-12/h7-8,11-12H,1-3,5-6,9-10H2. The minimum Gasteiger partial charge on any atom is -0.129 e. The number of hydrogen-bond acceptors (Lipinski definition) is 0. The predicted octanol–water partition coefficient (Wildman–Crippen LogP) is 3.69. The zero-order valence-corrected chi connectivity index (χ0v) is 7.76. The van der Waals surface area contributed by atoms with Crippen LogP contribution in [0.3, 0.4) is 0 Å². The molecule has 2 saturated carbocycles. The van der Waals surface area contributed by atoms with Gasteiger partial charge in [0, 0.05) is 0 Å². The first-order chi connectivity index (χ1) is 5.95. The van der Waals surface area contributed by atoms with Crippen molar-refractivity contribution in [3.63, 3.8) is 0 Å². The Kier molecular flexibility index (Phi) is 2.68. The quantitative estimate of drug-likeness (QED) is 0.543. The Morgan fingerprint density at radius 1 is 0.750 bits per heavy atom. The van der Waals surface area contributed by atoms with Crippen LogP contribution < -0.4 is 0 Å². The van der Waals surface area contributed by atoms with Crippen molar-refractivity contribution < 1.29 is 0 Å². The molecule has 0 saturated heterocycles. The molecule has 66 valence electrons. The molecule has 0 unspecified atom stereocenters. The van der Waals surface area contributed by atoms with Gasteiger partial charge in [-0.05, 0) is 49.7 Å². The first-order valence-electron chi connectivity index (χ1n) is 5.38. The zero-order chi connectivity index (χ0) is 8.23. The number of rotatable bonds is 2. The van der Waals surface area contributed by atoms with Crippen molar-refractivity contribution in [2.45, 2.75) is 44.9 Å². The van der Waals surface area contributed by atoms with Gasteiger partial charge in [-0.15, -0.1) is 5.73 Å². The van der Waals surface area contributed by atoms with Gasteiger partial charge in [0.25, 0.3) is 0 Å². The second kappa shape index (κ2) is 3.96. The lowest BCUT2D eigenvalue weighted by molar-refractivity contribution is 0.419. The lowest BCUT2D eigenvalue weighted by Gasteiger charge is -2.16. The minimum atomic E-state index is 0.855. The molecule has 0 heterocycles. The fraction of sp³-hybridized carbons (Fsp3) is 0.750. The third kappa shape index (κ3) is 2.53. The molecule has 2 aliphatic carbocycles. The lowest BCUT2D eigenvalue weighted by atomic mass is 9.89. The third-order valence-corrected chi connectivity index (χ3v) is 2.94. The molecule has 12 heavy (non-hydrogen) atoms. The van der Waals surface area contributed by atoms with Crippen molar-refractivity contribution in [2.75, 3.05) is 0 Å². The van der Waals surface area contributed by atoms with Crippen molar-refractivity contribution >= 4 is 0 Å². The first-order valence-corrected chi connectivity index (χ1v) is 5.38.